The second-order valence-electron chi connectivity index (χ2n) is 2.61. The molecule has 0 aliphatic heterocycles. The average Bonchev–Trinajstić information content (AvgIpc) is 2.33. The maximum absolute atomic E-state index is 12.6. The van der Waals surface area contributed by atoms with Crippen LogP contribution in [0.15, 0.2) is 6.20 Å². The first-order valence-electron chi connectivity index (χ1n) is 3.36. The van der Waals surface area contributed by atoms with Crippen molar-refractivity contribution in [2.75, 3.05) is 0 Å². The van der Waals surface area contributed by atoms with Gasteiger partial charge in [-0.3, -0.25) is 9.89 Å². The fourth-order valence-electron chi connectivity index (χ4n) is 0.733. The molecule has 0 aromatic carbocycles. The van der Waals surface area contributed by atoms with Gasteiger partial charge >= 0.3 is 0 Å². The van der Waals surface area contributed by atoms with E-state index in [1.54, 1.807) is 13.8 Å². The van der Waals surface area contributed by atoms with E-state index >= 15 is 0 Å². The molecule has 1 N–H and O–H groups in total. The first kappa shape index (κ1) is 7.91. The molecule has 0 saturated heterocycles. The number of Topliss-reactive ketones (excluding diaryl/α,β-unsaturated/α-hetero) is 1. The van der Waals surface area contributed by atoms with Gasteiger partial charge in [-0.05, 0) is 0 Å². The molecular weight excluding hydrogens is 147 g/mol. The van der Waals surface area contributed by atoms with Crippen LogP contribution in [0.25, 0.3) is 0 Å². The highest BCUT2D eigenvalue weighted by Crippen LogP contribution is 2.08. The molecular formula is C7H9FN2O. The minimum Gasteiger partial charge on any atom is -0.292 e. The van der Waals surface area contributed by atoms with Crippen molar-refractivity contribution in [3.05, 3.63) is 17.7 Å². The summed E-state index contributed by atoms with van der Waals surface area (Å²) in [6.07, 6.45) is 0.996. The average molecular weight is 156 g/mol. The molecule has 1 aromatic rings. The van der Waals surface area contributed by atoms with Crippen LogP contribution in [0.3, 0.4) is 0 Å². The van der Waals surface area contributed by atoms with Crippen LogP contribution < -0.4 is 0 Å². The topological polar surface area (TPSA) is 45.8 Å². The van der Waals surface area contributed by atoms with Gasteiger partial charge in [-0.15, -0.1) is 0 Å². The number of aromatic amines is 1. The van der Waals surface area contributed by atoms with Crippen LogP contribution in [0.1, 0.15) is 24.3 Å². The van der Waals surface area contributed by atoms with Crippen LogP contribution >= 0.6 is 0 Å². The molecule has 0 saturated carbocycles. The third-order valence-electron chi connectivity index (χ3n) is 1.36. The lowest BCUT2D eigenvalue weighted by Crippen LogP contribution is -2.09. The molecule has 3 nitrogen and oxygen atoms in total. The van der Waals surface area contributed by atoms with Gasteiger partial charge in [0.15, 0.2) is 11.6 Å². The lowest BCUT2D eigenvalue weighted by atomic mass is 10.1. The lowest BCUT2D eigenvalue weighted by molar-refractivity contribution is 0.0930. The number of ketones is 1. The van der Waals surface area contributed by atoms with E-state index in [4.69, 9.17) is 0 Å². The van der Waals surface area contributed by atoms with E-state index < -0.39 is 5.82 Å². The maximum Gasteiger partial charge on any atom is 0.186 e. The molecule has 11 heavy (non-hydrogen) atoms. The summed E-state index contributed by atoms with van der Waals surface area (Å²) < 4.78 is 12.6. The molecule has 1 rings (SSSR count). The number of nitrogens with zero attached hydrogens (tertiary/aromatic N) is 1. The van der Waals surface area contributed by atoms with Crippen LogP contribution in [-0.2, 0) is 0 Å². The predicted octanol–water partition coefficient (Wildman–Crippen LogP) is 1.39. The molecule has 0 atom stereocenters. The van der Waals surface area contributed by atoms with Gasteiger partial charge in [0.25, 0.3) is 0 Å². The second kappa shape index (κ2) is 2.82. The predicted molar refractivity (Wildman–Crippen MR) is 37.7 cm³/mol. The Kier molecular flexibility index (Phi) is 2.03. The number of hydrogen-bond donors (Lipinski definition) is 1. The van der Waals surface area contributed by atoms with Crippen LogP contribution in [0, 0.1) is 11.7 Å². The third kappa shape index (κ3) is 1.45. The largest absolute Gasteiger partial charge is 0.292 e. The Hall–Kier alpha value is -1.19. The lowest BCUT2D eigenvalue weighted by Gasteiger charge is -1.99. The van der Waals surface area contributed by atoms with E-state index in [1.807, 2.05) is 0 Å². The van der Waals surface area contributed by atoms with Crippen LogP contribution in [-0.4, -0.2) is 16.0 Å². The van der Waals surface area contributed by atoms with Gasteiger partial charge in [0.05, 0.1) is 6.20 Å². The van der Waals surface area contributed by atoms with E-state index in [0.29, 0.717) is 0 Å². The van der Waals surface area contributed by atoms with Gasteiger partial charge in [0.1, 0.15) is 5.69 Å². The molecule has 1 heterocycles. The monoisotopic (exact) mass is 156 g/mol. The summed E-state index contributed by atoms with van der Waals surface area (Å²) in [5.41, 5.74) is -0.0278. The Bertz CT molecular complexity index is 267. The highest BCUT2D eigenvalue weighted by atomic mass is 19.1. The van der Waals surface area contributed by atoms with Gasteiger partial charge in [0, 0.05) is 5.92 Å². The smallest absolute Gasteiger partial charge is 0.186 e. The summed E-state index contributed by atoms with van der Waals surface area (Å²) in [5.74, 6) is -1.03. The maximum atomic E-state index is 12.6. The number of carbonyl (C=O) groups is 1. The van der Waals surface area contributed by atoms with E-state index in [0.717, 1.165) is 6.20 Å². The van der Waals surface area contributed by atoms with Crippen LogP contribution in [0.2, 0.25) is 0 Å². The Balaban J connectivity index is 2.93. The van der Waals surface area contributed by atoms with Crippen LogP contribution in [0.5, 0.6) is 0 Å². The number of H-pyrrole nitrogens is 1. The normalized spacial score (nSPS) is 10.5. The molecule has 1 aromatic heterocycles. The number of rotatable bonds is 2. The molecule has 0 fully saturated rings. The van der Waals surface area contributed by atoms with Gasteiger partial charge < -0.3 is 0 Å². The summed E-state index contributed by atoms with van der Waals surface area (Å²) in [4.78, 5) is 11.1. The summed E-state index contributed by atoms with van der Waals surface area (Å²) in [6, 6.07) is 0. The van der Waals surface area contributed by atoms with Crippen molar-refractivity contribution < 1.29 is 9.18 Å². The Morgan fingerprint density at radius 3 is 2.73 bits per heavy atom. The molecule has 0 aliphatic carbocycles. The van der Waals surface area contributed by atoms with Crippen molar-refractivity contribution in [3.63, 3.8) is 0 Å². The Labute approximate surface area is 63.6 Å². The Morgan fingerprint density at radius 2 is 2.36 bits per heavy atom. The van der Waals surface area contributed by atoms with Crippen LogP contribution in [0.4, 0.5) is 4.39 Å². The number of carbonyl (C=O) groups excluding carboxylic acids is 1. The second-order valence-corrected chi connectivity index (χ2v) is 2.61. The molecule has 0 radical (unpaired) electrons. The zero-order chi connectivity index (χ0) is 8.43. The van der Waals surface area contributed by atoms with Crippen molar-refractivity contribution in [1.82, 2.24) is 10.2 Å². The molecule has 4 heteroatoms. The highest BCUT2D eigenvalue weighted by Gasteiger charge is 2.16. The zero-order valence-electron chi connectivity index (χ0n) is 6.39. The fourth-order valence-corrected chi connectivity index (χ4v) is 0.733. The Morgan fingerprint density at radius 1 is 1.73 bits per heavy atom. The standard InChI is InChI=1S/C7H9FN2O/c1-4(2)7(11)6-5(8)3-9-10-6/h3-4H,1-2H3,(H,9,10). The minimum atomic E-state index is -0.580. The van der Waals surface area contributed by atoms with Crippen molar-refractivity contribution in [3.8, 4) is 0 Å². The summed E-state index contributed by atoms with van der Waals surface area (Å²) >= 11 is 0. The first-order valence-corrected chi connectivity index (χ1v) is 3.36. The quantitative estimate of drug-likeness (QED) is 0.657. The SMILES string of the molecule is CC(C)C(=O)c1[nH]ncc1F. The molecule has 0 spiro atoms. The van der Waals surface area contributed by atoms with Gasteiger partial charge in [-0.25, -0.2) is 4.39 Å². The summed E-state index contributed by atoms with van der Waals surface area (Å²) in [7, 11) is 0. The van der Waals surface area contributed by atoms with Crippen molar-refractivity contribution in [1.29, 1.82) is 0 Å². The zero-order valence-corrected chi connectivity index (χ0v) is 6.39. The van der Waals surface area contributed by atoms with Gasteiger partial charge in [-0.2, -0.15) is 5.10 Å². The fraction of sp³-hybridized carbons (Fsp3) is 0.429. The van der Waals surface area contributed by atoms with Crippen molar-refractivity contribution in [2.24, 2.45) is 5.92 Å². The third-order valence-corrected chi connectivity index (χ3v) is 1.36. The van der Waals surface area contributed by atoms with Gasteiger partial charge in [-0.1, -0.05) is 13.8 Å². The minimum absolute atomic E-state index is 0.0278. The van der Waals surface area contributed by atoms with Crippen molar-refractivity contribution in [2.45, 2.75) is 13.8 Å². The number of aromatic nitrogens is 2. The molecule has 0 bridgehead atoms. The number of halogens is 1. The summed E-state index contributed by atoms with van der Waals surface area (Å²) in [5, 5.41) is 5.72. The van der Waals surface area contributed by atoms with Gasteiger partial charge in [0.2, 0.25) is 0 Å². The van der Waals surface area contributed by atoms with E-state index in [9.17, 15) is 9.18 Å². The van der Waals surface area contributed by atoms with E-state index in [2.05, 4.69) is 10.2 Å². The highest BCUT2D eigenvalue weighted by molar-refractivity contribution is 5.95. The van der Waals surface area contributed by atoms with E-state index in [-0.39, 0.29) is 17.4 Å². The first-order chi connectivity index (χ1) is 5.13. The molecule has 0 aliphatic rings. The van der Waals surface area contributed by atoms with Crippen molar-refractivity contribution >= 4 is 5.78 Å². The summed E-state index contributed by atoms with van der Waals surface area (Å²) in [6.45, 7) is 3.42. The molecule has 0 amide bonds. The molecule has 60 valence electrons. The number of hydrogen-bond acceptors (Lipinski definition) is 2. The molecule has 0 unspecified atom stereocenters. The van der Waals surface area contributed by atoms with E-state index in [1.165, 1.54) is 0 Å². The number of nitrogens with one attached hydrogen (secondary N) is 1.